The highest BCUT2D eigenvalue weighted by atomic mass is 79.9. The van der Waals surface area contributed by atoms with Crippen LogP contribution in [-0.4, -0.2) is 0 Å². The van der Waals surface area contributed by atoms with E-state index < -0.39 is 0 Å². The van der Waals surface area contributed by atoms with Gasteiger partial charge in [-0.1, -0.05) is 95.6 Å². The van der Waals surface area contributed by atoms with Gasteiger partial charge in [-0.15, -0.1) is 70.6 Å². The standard InChI is InChI=1S/C54H42Br6S6/c55-31-1-13-37(14-2-31)61-43-25-26-44(62-38-15-3-32(56)4-16-38)50-49(43)51-45(63-39-17-5-33(57)6-18-39)27-28-46(64-40-19-7-34(58)8-20-40)53(51)54-48(66-42-23-11-36(60)12-24-42)30-29-47(52(50)54)65-41-21-9-35(59)10-22-41/h1-24,43-48H,25-30H2/t43-,44-,45-,46-,47-,48-/m0/s1. The second-order valence-electron chi connectivity index (χ2n) is 16.6. The predicted molar refractivity (Wildman–Crippen MR) is 311 cm³/mol. The van der Waals surface area contributed by atoms with Crippen LogP contribution in [0.15, 0.2) is 202 Å². The Bertz CT molecular complexity index is 2270. The van der Waals surface area contributed by atoms with Gasteiger partial charge < -0.3 is 0 Å². The predicted octanol–water partition coefficient (Wildman–Crippen LogP) is 22.6. The Morgan fingerprint density at radius 3 is 0.455 bits per heavy atom. The van der Waals surface area contributed by atoms with Crippen molar-refractivity contribution in [2.45, 2.75) is 99.4 Å². The van der Waals surface area contributed by atoms with Crippen molar-refractivity contribution in [3.05, 3.63) is 206 Å². The molecular weight excluding hydrogens is 1320 g/mol. The second-order valence-corrected chi connectivity index (χ2v) is 29.7. The maximum Gasteiger partial charge on any atom is 0.0351 e. The van der Waals surface area contributed by atoms with Gasteiger partial charge in [-0.2, -0.15) is 0 Å². The molecule has 0 nitrogen and oxygen atoms in total. The van der Waals surface area contributed by atoms with Crippen molar-refractivity contribution in [3.8, 4) is 0 Å². The van der Waals surface area contributed by atoms with E-state index in [4.69, 9.17) is 0 Å². The third-order valence-corrected chi connectivity index (χ3v) is 23.3. The maximum absolute atomic E-state index is 3.75. The van der Waals surface area contributed by atoms with Gasteiger partial charge in [0, 0.05) is 87.7 Å². The van der Waals surface area contributed by atoms with Crippen molar-refractivity contribution in [2.24, 2.45) is 0 Å². The number of rotatable bonds is 12. The van der Waals surface area contributed by atoms with Gasteiger partial charge in [-0.25, -0.2) is 0 Å². The first-order chi connectivity index (χ1) is 32.1. The summed E-state index contributed by atoms with van der Waals surface area (Å²) in [5.74, 6) is 0. The van der Waals surface area contributed by atoms with E-state index in [9.17, 15) is 0 Å². The zero-order chi connectivity index (χ0) is 45.3. The number of hydrogen-bond acceptors (Lipinski definition) is 6. The molecule has 0 saturated heterocycles. The number of benzene rings is 7. The molecule has 0 aliphatic heterocycles. The zero-order valence-electron chi connectivity index (χ0n) is 35.3. The van der Waals surface area contributed by atoms with E-state index in [1.165, 1.54) is 29.4 Å². The quantitative estimate of drug-likeness (QED) is 0.119. The number of fused-ring (bicyclic) bond motifs is 6. The van der Waals surface area contributed by atoms with Gasteiger partial charge in [0.15, 0.2) is 0 Å². The van der Waals surface area contributed by atoms with Crippen LogP contribution in [-0.2, 0) is 0 Å². The van der Waals surface area contributed by atoms with E-state index in [2.05, 4.69) is 312 Å². The van der Waals surface area contributed by atoms with E-state index in [0.29, 0.717) is 31.5 Å². The molecule has 0 radical (unpaired) electrons. The van der Waals surface area contributed by atoms with Crippen LogP contribution < -0.4 is 0 Å². The molecule has 0 fully saturated rings. The molecule has 0 bridgehead atoms. The number of halogens is 6. The van der Waals surface area contributed by atoms with Gasteiger partial charge in [-0.05, 0) is 217 Å². The third kappa shape index (κ3) is 11.6. The fourth-order valence-corrected chi connectivity index (χ4v) is 18.6. The van der Waals surface area contributed by atoms with E-state index >= 15 is 0 Å². The minimum absolute atomic E-state index is 0.310. The molecule has 12 heteroatoms. The van der Waals surface area contributed by atoms with Gasteiger partial charge in [0.2, 0.25) is 0 Å². The SMILES string of the molecule is Brc1ccc(S[C@H]2CC[C@H](Sc3ccc(Br)cc3)c3c2c2c(c4c3[C@@H](Sc3ccc(Br)cc3)CC[C@@H]4Sc3ccc(Br)cc3)[C@@H](Sc3ccc(Br)cc3)CC[C@@H]2Sc2ccc(Br)cc2)cc1. The highest BCUT2D eigenvalue weighted by Crippen LogP contribution is 2.67. The smallest absolute Gasteiger partial charge is 0.0351 e. The van der Waals surface area contributed by atoms with Crippen LogP contribution in [0.5, 0.6) is 0 Å². The Balaban J connectivity index is 1.27. The van der Waals surface area contributed by atoms with Gasteiger partial charge in [0.1, 0.15) is 0 Å². The summed E-state index contributed by atoms with van der Waals surface area (Å²) in [6.07, 6.45) is 6.72. The molecule has 336 valence electrons. The summed E-state index contributed by atoms with van der Waals surface area (Å²) in [5.41, 5.74) is 9.77. The van der Waals surface area contributed by atoms with Crippen LogP contribution >= 0.6 is 166 Å². The van der Waals surface area contributed by atoms with Crippen LogP contribution in [0.4, 0.5) is 0 Å². The van der Waals surface area contributed by atoms with Crippen molar-refractivity contribution >= 4 is 166 Å². The third-order valence-electron chi connectivity index (χ3n) is 12.3. The fourth-order valence-electron chi connectivity index (χ4n) is 9.50. The summed E-state index contributed by atoms with van der Waals surface area (Å²) in [6, 6.07) is 54.4. The lowest BCUT2D eigenvalue weighted by atomic mass is 9.71. The van der Waals surface area contributed by atoms with Gasteiger partial charge in [0.05, 0.1) is 0 Å². The fraction of sp³-hybridized carbons (Fsp3) is 0.222. The molecule has 0 aromatic heterocycles. The molecule has 7 aromatic rings. The van der Waals surface area contributed by atoms with Crippen molar-refractivity contribution in [1.29, 1.82) is 0 Å². The first-order valence-corrected chi connectivity index (χ1v) is 31.9. The first-order valence-electron chi connectivity index (χ1n) is 21.9. The minimum Gasteiger partial charge on any atom is -0.118 e. The van der Waals surface area contributed by atoms with Crippen LogP contribution in [0.3, 0.4) is 0 Å². The Kier molecular flexibility index (Phi) is 16.8. The van der Waals surface area contributed by atoms with Crippen molar-refractivity contribution in [3.63, 3.8) is 0 Å². The molecule has 0 N–H and O–H groups in total. The minimum atomic E-state index is 0.310. The summed E-state index contributed by atoms with van der Waals surface area (Å²) < 4.78 is 6.72. The summed E-state index contributed by atoms with van der Waals surface area (Å²) >= 11 is 35.0. The van der Waals surface area contributed by atoms with Crippen molar-refractivity contribution < 1.29 is 0 Å². The van der Waals surface area contributed by atoms with Crippen LogP contribution in [0.2, 0.25) is 0 Å². The molecule has 3 aliphatic rings. The monoisotopic (exact) mass is 1360 g/mol. The van der Waals surface area contributed by atoms with Crippen molar-refractivity contribution in [2.75, 3.05) is 0 Å². The van der Waals surface area contributed by atoms with E-state index in [-0.39, 0.29) is 0 Å². The molecule has 0 heterocycles. The molecule has 3 aliphatic carbocycles. The Morgan fingerprint density at radius 1 is 0.212 bits per heavy atom. The summed E-state index contributed by atoms with van der Waals surface area (Å²) in [6.45, 7) is 0. The second kappa shape index (κ2) is 22.5. The van der Waals surface area contributed by atoms with Gasteiger partial charge in [-0.3, -0.25) is 0 Å². The Hall–Kier alpha value is -0.480. The summed E-state index contributed by atoms with van der Waals surface area (Å²) in [4.78, 5) is 7.99. The van der Waals surface area contributed by atoms with E-state index in [0.717, 1.165) is 65.4 Å². The molecule has 7 aromatic carbocycles. The zero-order valence-corrected chi connectivity index (χ0v) is 49.7. The van der Waals surface area contributed by atoms with Gasteiger partial charge >= 0.3 is 0 Å². The molecule has 66 heavy (non-hydrogen) atoms. The normalized spacial score (nSPS) is 21.2. The lowest BCUT2D eigenvalue weighted by molar-refractivity contribution is 0.578. The topological polar surface area (TPSA) is 0 Å². The molecule has 0 saturated carbocycles. The molecule has 0 spiro atoms. The summed E-state index contributed by atoms with van der Waals surface area (Å²) in [5, 5.41) is 1.86. The van der Waals surface area contributed by atoms with Crippen LogP contribution in [0.25, 0.3) is 0 Å². The van der Waals surface area contributed by atoms with Crippen LogP contribution in [0.1, 0.15) is 103 Å². The molecule has 10 rings (SSSR count). The molecule has 0 unspecified atom stereocenters. The van der Waals surface area contributed by atoms with E-state index in [1.54, 1.807) is 33.4 Å². The maximum atomic E-state index is 3.75. The number of hydrogen-bond donors (Lipinski definition) is 0. The molecule has 0 amide bonds. The molecular formula is C54H42Br6S6. The highest BCUT2D eigenvalue weighted by Gasteiger charge is 2.46. The first kappa shape index (κ1) is 49.1. The lowest BCUT2D eigenvalue weighted by Gasteiger charge is -2.46. The van der Waals surface area contributed by atoms with Gasteiger partial charge in [0.25, 0.3) is 0 Å². The Morgan fingerprint density at radius 2 is 0.333 bits per heavy atom. The molecule has 6 atom stereocenters. The Labute approximate surface area is 465 Å². The highest BCUT2D eigenvalue weighted by molar-refractivity contribution is 9.11. The lowest BCUT2D eigenvalue weighted by Crippen LogP contribution is -2.28. The van der Waals surface area contributed by atoms with E-state index in [1.807, 2.05) is 0 Å². The largest absolute Gasteiger partial charge is 0.118 e. The van der Waals surface area contributed by atoms with Crippen LogP contribution in [0, 0.1) is 0 Å². The summed E-state index contributed by atoms with van der Waals surface area (Å²) in [7, 11) is 0. The number of thioether (sulfide) groups is 6. The average molecular weight is 1360 g/mol. The van der Waals surface area contributed by atoms with Crippen molar-refractivity contribution in [1.82, 2.24) is 0 Å². The average Bonchev–Trinajstić information content (AvgIpc) is 3.32.